The first-order valence-corrected chi connectivity index (χ1v) is 7.39. The summed E-state index contributed by atoms with van der Waals surface area (Å²) in [6.45, 7) is 0. The van der Waals surface area contributed by atoms with Gasteiger partial charge in [0.1, 0.15) is 0 Å². The largest absolute Gasteiger partial charge is 0.443 e. The number of rotatable bonds is 3. The maximum Gasteiger partial charge on any atom is 0.443 e. The van der Waals surface area contributed by atoms with Crippen LogP contribution in [0, 0.1) is 0 Å². The summed E-state index contributed by atoms with van der Waals surface area (Å²) in [5, 5.41) is -0.830. The van der Waals surface area contributed by atoms with E-state index in [1.54, 1.807) is 0 Å². The molecule has 2 aromatic rings. The lowest BCUT2D eigenvalue weighted by Gasteiger charge is -2.22. The highest BCUT2D eigenvalue weighted by Gasteiger charge is 2.37. The molecule has 21 heavy (non-hydrogen) atoms. The Kier molecular flexibility index (Phi) is 3.73. The number of hydrogen-bond donors (Lipinski definition) is 2. The number of halogens is 3. The van der Waals surface area contributed by atoms with Crippen LogP contribution in [0.5, 0.6) is 0 Å². The van der Waals surface area contributed by atoms with Gasteiger partial charge in [-0.25, -0.2) is 4.98 Å². The molecule has 2 atom stereocenters. The Bertz CT molecular complexity index is 638. The summed E-state index contributed by atoms with van der Waals surface area (Å²) in [6.07, 6.45) is -1.34. The normalized spacial score (nSPS) is 19.5. The number of alkyl halides is 3. The fourth-order valence-electron chi connectivity index (χ4n) is 2.89. The number of nitrogens with two attached hydrogens (primary N) is 1. The average molecular weight is 313 g/mol. The van der Waals surface area contributed by atoms with Crippen molar-refractivity contribution in [2.45, 2.75) is 31.0 Å². The molecule has 0 radical (unpaired) electrons. The van der Waals surface area contributed by atoms with Gasteiger partial charge in [0.25, 0.3) is 0 Å². The number of hydrazine groups is 1. The molecule has 3 rings (SSSR count). The summed E-state index contributed by atoms with van der Waals surface area (Å²) in [6, 6.07) is 7.64. The van der Waals surface area contributed by atoms with Crippen molar-refractivity contribution >= 4 is 11.3 Å². The van der Waals surface area contributed by atoms with E-state index in [4.69, 9.17) is 5.84 Å². The number of benzene rings is 1. The highest BCUT2D eigenvalue weighted by Crippen LogP contribution is 2.44. The van der Waals surface area contributed by atoms with Crippen LogP contribution >= 0.6 is 11.3 Å². The van der Waals surface area contributed by atoms with Crippen LogP contribution in [0.4, 0.5) is 13.2 Å². The summed E-state index contributed by atoms with van der Waals surface area (Å²) in [7, 11) is 0. The molecular weight excluding hydrogens is 299 g/mol. The highest BCUT2D eigenvalue weighted by molar-refractivity contribution is 7.11. The summed E-state index contributed by atoms with van der Waals surface area (Å²) in [5.41, 5.74) is 5.06. The van der Waals surface area contributed by atoms with Gasteiger partial charge in [-0.15, -0.1) is 11.3 Å². The predicted molar refractivity (Wildman–Crippen MR) is 74.7 cm³/mol. The van der Waals surface area contributed by atoms with E-state index >= 15 is 0 Å². The molecule has 3 nitrogen and oxygen atoms in total. The fraction of sp³-hybridized carbons (Fsp3) is 0.357. The second-order valence-electron chi connectivity index (χ2n) is 5.05. The lowest BCUT2D eigenvalue weighted by molar-refractivity contribution is -0.137. The van der Waals surface area contributed by atoms with Gasteiger partial charge in [0, 0.05) is 17.0 Å². The van der Waals surface area contributed by atoms with Gasteiger partial charge in [0.15, 0.2) is 5.01 Å². The van der Waals surface area contributed by atoms with Crippen molar-refractivity contribution in [3.8, 4) is 0 Å². The van der Waals surface area contributed by atoms with Gasteiger partial charge in [-0.2, -0.15) is 13.2 Å². The minimum absolute atomic E-state index is 0.0766. The summed E-state index contributed by atoms with van der Waals surface area (Å²) >= 11 is 0.655. The lowest BCUT2D eigenvalue weighted by atomic mass is 9.93. The molecule has 0 bridgehead atoms. The minimum atomic E-state index is -4.41. The van der Waals surface area contributed by atoms with E-state index in [1.165, 1.54) is 11.8 Å². The lowest BCUT2D eigenvalue weighted by Crippen LogP contribution is -2.31. The third kappa shape index (κ3) is 2.68. The van der Waals surface area contributed by atoms with Gasteiger partial charge >= 0.3 is 6.18 Å². The van der Waals surface area contributed by atoms with Crippen molar-refractivity contribution in [2.75, 3.05) is 0 Å². The summed E-state index contributed by atoms with van der Waals surface area (Å²) in [5.74, 6) is 5.68. The molecular formula is C14H14F3N3S. The van der Waals surface area contributed by atoms with E-state index in [-0.39, 0.29) is 12.0 Å². The van der Waals surface area contributed by atoms with Gasteiger partial charge in [-0.1, -0.05) is 24.3 Å². The zero-order valence-electron chi connectivity index (χ0n) is 11.0. The number of aromatic nitrogens is 1. The molecule has 0 spiro atoms. The number of thiazole rings is 1. The van der Waals surface area contributed by atoms with Crippen LogP contribution in [0.25, 0.3) is 0 Å². The first kappa shape index (κ1) is 14.5. The van der Waals surface area contributed by atoms with Gasteiger partial charge in [0.05, 0.1) is 6.04 Å². The monoisotopic (exact) mass is 313 g/mol. The molecule has 0 saturated heterocycles. The zero-order valence-corrected chi connectivity index (χ0v) is 11.8. The van der Waals surface area contributed by atoms with Gasteiger partial charge in [-0.05, 0) is 24.0 Å². The first-order valence-electron chi connectivity index (χ1n) is 6.57. The minimum Gasteiger partial charge on any atom is -0.271 e. The number of aryl methyl sites for hydroxylation is 1. The van der Waals surface area contributed by atoms with Crippen LogP contribution in [0.2, 0.25) is 0 Å². The molecule has 0 amide bonds. The van der Waals surface area contributed by atoms with E-state index in [0.29, 0.717) is 16.2 Å². The molecule has 0 aliphatic heterocycles. The summed E-state index contributed by atoms with van der Waals surface area (Å²) in [4.78, 5) is 4.00. The predicted octanol–water partition coefficient (Wildman–Crippen LogP) is 3.40. The molecule has 1 aromatic heterocycles. The Hall–Kier alpha value is -1.44. The molecule has 1 aliphatic carbocycles. The fourth-order valence-corrected chi connectivity index (χ4v) is 3.80. The Labute approximate surface area is 124 Å². The van der Waals surface area contributed by atoms with E-state index < -0.39 is 11.2 Å². The molecule has 112 valence electrons. The molecule has 1 aromatic carbocycles. The van der Waals surface area contributed by atoms with Crippen molar-refractivity contribution in [3.63, 3.8) is 0 Å². The molecule has 7 heteroatoms. The molecule has 3 N–H and O–H groups in total. The maximum atomic E-state index is 12.7. The van der Waals surface area contributed by atoms with Crippen LogP contribution in [-0.4, -0.2) is 4.98 Å². The van der Waals surface area contributed by atoms with Crippen LogP contribution in [0.3, 0.4) is 0 Å². The smallest absolute Gasteiger partial charge is 0.271 e. The van der Waals surface area contributed by atoms with Crippen LogP contribution in [0.15, 0.2) is 30.5 Å². The Balaban J connectivity index is 1.91. The molecule has 0 saturated carbocycles. The van der Waals surface area contributed by atoms with Crippen molar-refractivity contribution in [3.05, 3.63) is 51.5 Å². The SMILES string of the molecule is NNC(c1cnc(C(F)(F)F)s1)C1CCc2ccccc21. The maximum absolute atomic E-state index is 12.7. The van der Waals surface area contributed by atoms with Crippen molar-refractivity contribution < 1.29 is 13.2 Å². The Morgan fingerprint density at radius 2 is 2.10 bits per heavy atom. The number of nitrogens with zero attached hydrogens (tertiary/aromatic N) is 1. The number of hydrogen-bond acceptors (Lipinski definition) is 4. The highest BCUT2D eigenvalue weighted by atomic mass is 32.1. The van der Waals surface area contributed by atoms with E-state index in [0.717, 1.165) is 18.4 Å². The Morgan fingerprint density at radius 1 is 1.33 bits per heavy atom. The number of nitrogens with one attached hydrogen (secondary N) is 1. The molecule has 0 fully saturated rings. The van der Waals surface area contributed by atoms with Crippen molar-refractivity contribution in [1.82, 2.24) is 10.4 Å². The summed E-state index contributed by atoms with van der Waals surface area (Å²) < 4.78 is 38.0. The van der Waals surface area contributed by atoms with Crippen LogP contribution in [-0.2, 0) is 12.6 Å². The number of fused-ring (bicyclic) bond motifs is 1. The standard InChI is InChI=1S/C14H14F3N3S/c15-14(16,17)13-19-7-11(21-13)12(20-18)10-6-5-8-3-1-2-4-9(8)10/h1-4,7,10,12,20H,5-6,18H2. The second-order valence-corrected chi connectivity index (χ2v) is 6.12. The average Bonchev–Trinajstić information content (AvgIpc) is 3.07. The molecule has 1 aliphatic rings. The van der Waals surface area contributed by atoms with Gasteiger partial charge < -0.3 is 0 Å². The van der Waals surface area contributed by atoms with E-state index in [2.05, 4.69) is 16.5 Å². The van der Waals surface area contributed by atoms with E-state index in [1.807, 2.05) is 18.2 Å². The first-order chi connectivity index (χ1) is 10.0. The third-order valence-corrected chi connectivity index (χ3v) is 4.96. The topological polar surface area (TPSA) is 50.9 Å². The molecule has 1 heterocycles. The Morgan fingerprint density at radius 3 is 2.76 bits per heavy atom. The molecule has 2 unspecified atom stereocenters. The van der Waals surface area contributed by atoms with Gasteiger partial charge in [-0.3, -0.25) is 11.3 Å². The third-order valence-electron chi connectivity index (χ3n) is 3.83. The van der Waals surface area contributed by atoms with E-state index in [9.17, 15) is 13.2 Å². The second kappa shape index (κ2) is 5.40. The van der Waals surface area contributed by atoms with Crippen LogP contribution < -0.4 is 11.3 Å². The zero-order chi connectivity index (χ0) is 15.0. The van der Waals surface area contributed by atoms with Crippen molar-refractivity contribution in [2.24, 2.45) is 5.84 Å². The van der Waals surface area contributed by atoms with Crippen LogP contribution in [0.1, 0.15) is 39.4 Å². The van der Waals surface area contributed by atoms with Gasteiger partial charge in [0.2, 0.25) is 0 Å². The quantitative estimate of drug-likeness (QED) is 0.674. The van der Waals surface area contributed by atoms with Crippen molar-refractivity contribution in [1.29, 1.82) is 0 Å².